The molecule has 5 N–H and O–H groups in total. The van der Waals surface area contributed by atoms with Crippen molar-refractivity contribution < 1.29 is 30.3 Å². The van der Waals surface area contributed by atoms with E-state index in [0.717, 1.165) is 0 Å². The standard InChI is InChI=1S/C6H12O6/c7-1-3-4(9)6(11,2-8)5(10)12-3/h3-5,7-11H,1-2H2/t3-,4-,5+,6-/m0/s1. The van der Waals surface area contributed by atoms with Crippen molar-refractivity contribution in [2.75, 3.05) is 13.2 Å². The maximum atomic E-state index is 9.35. The normalized spacial score (nSPS) is 48.2. The first-order chi connectivity index (χ1) is 5.56. The molecule has 6 nitrogen and oxygen atoms in total. The lowest BCUT2D eigenvalue weighted by atomic mass is 9.97. The van der Waals surface area contributed by atoms with Crippen LogP contribution in [0.2, 0.25) is 0 Å². The van der Waals surface area contributed by atoms with Gasteiger partial charge in [0.25, 0.3) is 0 Å². The Kier molecular flexibility index (Phi) is 2.67. The highest BCUT2D eigenvalue weighted by atomic mass is 16.7. The summed E-state index contributed by atoms with van der Waals surface area (Å²) in [5.74, 6) is 0. The topological polar surface area (TPSA) is 110 Å². The summed E-state index contributed by atoms with van der Waals surface area (Å²) >= 11 is 0. The minimum atomic E-state index is -2.09. The van der Waals surface area contributed by atoms with Crippen LogP contribution in [0, 0.1) is 0 Å². The van der Waals surface area contributed by atoms with Gasteiger partial charge in [-0.1, -0.05) is 0 Å². The molecular weight excluding hydrogens is 168 g/mol. The molecule has 0 aromatic heterocycles. The molecule has 0 bridgehead atoms. The molecule has 1 saturated heterocycles. The lowest BCUT2D eigenvalue weighted by Crippen LogP contribution is -2.51. The van der Waals surface area contributed by atoms with Crippen LogP contribution in [-0.2, 0) is 4.74 Å². The third-order valence-electron chi connectivity index (χ3n) is 2.03. The van der Waals surface area contributed by atoms with Gasteiger partial charge >= 0.3 is 0 Å². The Balaban J connectivity index is 2.76. The van der Waals surface area contributed by atoms with Crippen LogP contribution in [0.5, 0.6) is 0 Å². The van der Waals surface area contributed by atoms with Crippen molar-refractivity contribution in [2.45, 2.75) is 24.1 Å². The molecular formula is C6H12O6. The second kappa shape index (κ2) is 3.25. The van der Waals surface area contributed by atoms with Crippen molar-refractivity contribution in [3.05, 3.63) is 0 Å². The Labute approximate surface area is 68.6 Å². The number of aliphatic hydroxyl groups is 5. The molecule has 0 aliphatic carbocycles. The molecule has 0 amide bonds. The lowest BCUT2D eigenvalue weighted by molar-refractivity contribution is -0.191. The highest BCUT2D eigenvalue weighted by Crippen LogP contribution is 2.28. The number of hydrogen-bond donors (Lipinski definition) is 5. The Bertz CT molecular complexity index is 162. The van der Waals surface area contributed by atoms with Gasteiger partial charge in [0.2, 0.25) is 0 Å². The van der Waals surface area contributed by atoms with Gasteiger partial charge in [-0.3, -0.25) is 0 Å². The first kappa shape index (κ1) is 9.85. The average molecular weight is 180 g/mol. The third-order valence-corrected chi connectivity index (χ3v) is 2.03. The zero-order chi connectivity index (χ0) is 9.35. The molecule has 72 valence electrons. The molecule has 0 saturated carbocycles. The van der Waals surface area contributed by atoms with Crippen molar-refractivity contribution in [3.8, 4) is 0 Å². The fraction of sp³-hybridized carbons (Fsp3) is 1.00. The first-order valence-electron chi connectivity index (χ1n) is 3.52. The molecule has 1 heterocycles. The number of ether oxygens (including phenoxy) is 1. The van der Waals surface area contributed by atoms with Gasteiger partial charge in [0.1, 0.15) is 12.2 Å². The molecule has 0 aromatic rings. The zero-order valence-corrected chi connectivity index (χ0v) is 6.29. The van der Waals surface area contributed by atoms with E-state index >= 15 is 0 Å². The second-order valence-corrected chi connectivity index (χ2v) is 2.80. The summed E-state index contributed by atoms with van der Waals surface area (Å²) in [7, 11) is 0. The summed E-state index contributed by atoms with van der Waals surface area (Å²) in [6.07, 6.45) is -4.21. The number of hydrogen-bond acceptors (Lipinski definition) is 6. The van der Waals surface area contributed by atoms with Crippen LogP contribution in [0.4, 0.5) is 0 Å². The summed E-state index contributed by atoms with van der Waals surface area (Å²) in [6.45, 7) is -1.35. The SMILES string of the molecule is OC[C@@H]1O[C@@H](O)[C@](O)(CO)[C@H]1O. The van der Waals surface area contributed by atoms with Gasteiger partial charge in [0, 0.05) is 0 Å². The van der Waals surface area contributed by atoms with E-state index in [2.05, 4.69) is 4.74 Å². The number of aliphatic hydroxyl groups excluding tert-OH is 4. The Morgan fingerprint density at radius 3 is 2.08 bits per heavy atom. The zero-order valence-electron chi connectivity index (χ0n) is 6.29. The van der Waals surface area contributed by atoms with Crippen LogP contribution in [0.25, 0.3) is 0 Å². The van der Waals surface area contributed by atoms with E-state index in [1.165, 1.54) is 0 Å². The Morgan fingerprint density at radius 2 is 1.83 bits per heavy atom. The van der Waals surface area contributed by atoms with Gasteiger partial charge in [0.05, 0.1) is 13.2 Å². The minimum absolute atomic E-state index is 0.527. The summed E-state index contributed by atoms with van der Waals surface area (Å²) in [5.41, 5.74) is -2.09. The quantitative estimate of drug-likeness (QED) is 0.306. The monoisotopic (exact) mass is 180 g/mol. The maximum absolute atomic E-state index is 9.35. The fourth-order valence-corrected chi connectivity index (χ4v) is 1.14. The van der Waals surface area contributed by atoms with E-state index in [0.29, 0.717) is 0 Å². The van der Waals surface area contributed by atoms with Crippen molar-refractivity contribution in [1.29, 1.82) is 0 Å². The smallest absolute Gasteiger partial charge is 0.189 e. The molecule has 6 heteroatoms. The van der Waals surface area contributed by atoms with Gasteiger partial charge in [0.15, 0.2) is 11.9 Å². The Morgan fingerprint density at radius 1 is 1.25 bits per heavy atom. The van der Waals surface area contributed by atoms with Crippen LogP contribution in [0.3, 0.4) is 0 Å². The van der Waals surface area contributed by atoms with Crippen LogP contribution < -0.4 is 0 Å². The average Bonchev–Trinajstić information content (AvgIpc) is 2.30. The van der Waals surface area contributed by atoms with Crippen molar-refractivity contribution >= 4 is 0 Å². The van der Waals surface area contributed by atoms with E-state index in [1.54, 1.807) is 0 Å². The van der Waals surface area contributed by atoms with Crippen molar-refractivity contribution in [1.82, 2.24) is 0 Å². The van der Waals surface area contributed by atoms with E-state index in [1.807, 2.05) is 0 Å². The van der Waals surface area contributed by atoms with E-state index in [-0.39, 0.29) is 0 Å². The second-order valence-electron chi connectivity index (χ2n) is 2.80. The third kappa shape index (κ3) is 1.22. The summed E-state index contributed by atoms with van der Waals surface area (Å²) < 4.78 is 4.57. The van der Waals surface area contributed by atoms with Gasteiger partial charge in [-0.05, 0) is 0 Å². The maximum Gasteiger partial charge on any atom is 0.189 e. The predicted molar refractivity (Wildman–Crippen MR) is 36.0 cm³/mol. The molecule has 1 rings (SSSR count). The van der Waals surface area contributed by atoms with Gasteiger partial charge in [-0.15, -0.1) is 0 Å². The van der Waals surface area contributed by atoms with E-state index in [4.69, 9.17) is 15.3 Å². The summed E-state index contributed by atoms with van der Waals surface area (Å²) in [4.78, 5) is 0. The number of rotatable bonds is 2. The highest BCUT2D eigenvalue weighted by Gasteiger charge is 2.54. The highest BCUT2D eigenvalue weighted by molar-refractivity contribution is 4.98. The summed E-state index contributed by atoms with van der Waals surface area (Å²) in [5, 5.41) is 44.8. The Hall–Kier alpha value is -0.240. The molecule has 1 aliphatic heterocycles. The van der Waals surface area contributed by atoms with Crippen LogP contribution in [0.1, 0.15) is 0 Å². The summed E-state index contributed by atoms with van der Waals surface area (Å²) in [6, 6.07) is 0. The van der Waals surface area contributed by atoms with Crippen LogP contribution >= 0.6 is 0 Å². The van der Waals surface area contributed by atoms with Gasteiger partial charge in [-0.2, -0.15) is 0 Å². The van der Waals surface area contributed by atoms with Gasteiger partial charge in [-0.25, -0.2) is 0 Å². The molecule has 0 spiro atoms. The minimum Gasteiger partial charge on any atom is -0.394 e. The first-order valence-corrected chi connectivity index (χ1v) is 3.52. The van der Waals surface area contributed by atoms with Gasteiger partial charge < -0.3 is 30.3 Å². The molecule has 0 unspecified atom stereocenters. The predicted octanol–water partition coefficient (Wildman–Crippen LogP) is -3.22. The lowest BCUT2D eigenvalue weighted by Gasteiger charge is -2.25. The van der Waals surface area contributed by atoms with Crippen molar-refractivity contribution in [3.63, 3.8) is 0 Å². The molecule has 0 radical (unpaired) electrons. The molecule has 12 heavy (non-hydrogen) atoms. The molecule has 4 atom stereocenters. The molecule has 1 fully saturated rings. The van der Waals surface area contributed by atoms with Crippen LogP contribution in [-0.4, -0.2) is 62.8 Å². The van der Waals surface area contributed by atoms with Crippen molar-refractivity contribution in [2.24, 2.45) is 0 Å². The largest absolute Gasteiger partial charge is 0.394 e. The van der Waals surface area contributed by atoms with E-state index < -0.39 is 37.3 Å². The fourth-order valence-electron chi connectivity index (χ4n) is 1.14. The molecule has 1 aliphatic rings. The van der Waals surface area contributed by atoms with E-state index in [9.17, 15) is 10.2 Å². The molecule has 0 aromatic carbocycles. The van der Waals surface area contributed by atoms with Crippen LogP contribution in [0.15, 0.2) is 0 Å².